The standard InChI is InChI=1S/C34H43N5O8S/c1-6-23-18-34(23,31(42)38-48(44,45)24-15-16-24)37-29(40)26-17-21(19-39(26)30(41)28(33(2,3)4)36-32(43)46-5)20-47-27-14-10-13-25(35-27)22-11-8-7-9-12-22/h6-14,21,23-24,26,28H,1,15-20H2,2-5H3,(H,36,43)(H,37,40)(H,38,42)/t21-,23?,26+,28-,34-/m1/s1. The molecule has 0 radical (unpaired) electrons. The minimum atomic E-state index is -3.87. The molecule has 3 N–H and O–H groups in total. The lowest BCUT2D eigenvalue weighted by Crippen LogP contribution is -2.60. The van der Waals surface area contributed by atoms with Crippen molar-refractivity contribution in [1.82, 2.24) is 25.2 Å². The Bertz CT molecular complexity index is 1670. The van der Waals surface area contributed by atoms with Gasteiger partial charge in [0.1, 0.15) is 17.6 Å². The monoisotopic (exact) mass is 681 g/mol. The zero-order valence-electron chi connectivity index (χ0n) is 27.6. The van der Waals surface area contributed by atoms with Gasteiger partial charge >= 0.3 is 6.09 Å². The third-order valence-electron chi connectivity index (χ3n) is 9.04. The normalized spacial score (nSPS) is 24.2. The number of nitrogens with zero attached hydrogens (tertiary/aromatic N) is 2. The van der Waals surface area contributed by atoms with Crippen molar-refractivity contribution in [2.24, 2.45) is 17.3 Å². The quantitative estimate of drug-likeness (QED) is 0.285. The number of benzene rings is 1. The number of sulfonamides is 1. The minimum absolute atomic E-state index is 0.116. The largest absolute Gasteiger partial charge is 0.477 e. The van der Waals surface area contributed by atoms with Crippen molar-refractivity contribution >= 4 is 33.8 Å². The second kappa shape index (κ2) is 13.6. The van der Waals surface area contributed by atoms with Crippen LogP contribution in [0.4, 0.5) is 4.79 Å². The van der Waals surface area contributed by atoms with E-state index in [2.05, 4.69) is 26.9 Å². The van der Waals surface area contributed by atoms with Gasteiger partial charge in [-0.3, -0.25) is 19.1 Å². The van der Waals surface area contributed by atoms with Gasteiger partial charge in [-0.2, -0.15) is 0 Å². The maximum absolute atomic E-state index is 14.1. The van der Waals surface area contributed by atoms with Crippen LogP contribution in [0.25, 0.3) is 11.3 Å². The molecule has 5 rings (SSSR count). The number of likely N-dealkylation sites (tertiary alicyclic amines) is 1. The van der Waals surface area contributed by atoms with Gasteiger partial charge in [0.2, 0.25) is 27.7 Å². The van der Waals surface area contributed by atoms with Crippen molar-refractivity contribution < 1.29 is 37.1 Å². The third kappa shape index (κ3) is 7.64. The van der Waals surface area contributed by atoms with Crippen LogP contribution in [0.5, 0.6) is 5.88 Å². The first-order chi connectivity index (χ1) is 22.7. The van der Waals surface area contributed by atoms with Crippen LogP contribution in [-0.2, 0) is 29.1 Å². The summed E-state index contributed by atoms with van der Waals surface area (Å²) in [5.74, 6) is -2.39. The summed E-state index contributed by atoms with van der Waals surface area (Å²) in [5, 5.41) is 4.76. The first-order valence-electron chi connectivity index (χ1n) is 16.0. The van der Waals surface area contributed by atoms with E-state index in [-0.39, 0.29) is 31.9 Å². The molecule has 1 aromatic heterocycles. The summed E-state index contributed by atoms with van der Waals surface area (Å²) >= 11 is 0. The Balaban J connectivity index is 1.37. The van der Waals surface area contributed by atoms with Crippen LogP contribution in [0.3, 0.4) is 0 Å². The molecular weight excluding hydrogens is 638 g/mol. The summed E-state index contributed by atoms with van der Waals surface area (Å²) < 4.78 is 38.2. The van der Waals surface area contributed by atoms with Crippen molar-refractivity contribution in [2.45, 2.75) is 69.3 Å². The number of pyridine rings is 1. The molecule has 13 nitrogen and oxygen atoms in total. The topological polar surface area (TPSA) is 173 Å². The van der Waals surface area contributed by atoms with Crippen LogP contribution < -0.4 is 20.1 Å². The maximum atomic E-state index is 14.1. The molecule has 3 aliphatic rings. The molecule has 48 heavy (non-hydrogen) atoms. The first-order valence-corrected chi connectivity index (χ1v) is 17.5. The van der Waals surface area contributed by atoms with Gasteiger partial charge in [0, 0.05) is 30.0 Å². The van der Waals surface area contributed by atoms with E-state index in [4.69, 9.17) is 9.47 Å². The summed E-state index contributed by atoms with van der Waals surface area (Å²) in [6.45, 7) is 9.33. The van der Waals surface area contributed by atoms with Gasteiger partial charge < -0.3 is 25.0 Å². The molecule has 0 bridgehead atoms. The molecule has 258 valence electrons. The fourth-order valence-corrected chi connectivity index (χ4v) is 7.38. The van der Waals surface area contributed by atoms with Gasteiger partial charge in [0.15, 0.2) is 0 Å². The lowest BCUT2D eigenvalue weighted by molar-refractivity contribution is -0.142. The number of aromatic nitrogens is 1. The Hall–Kier alpha value is -4.46. The van der Waals surface area contributed by atoms with Crippen molar-refractivity contribution in [2.75, 3.05) is 20.3 Å². The van der Waals surface area contributed by atoms with E-state index >= 15 is 0 Å². The smallest absolute Gasteiger partial charge is 0.407 e. The average Bonchev–Trinajstić information content (AvgIpc) is 3.98. The number of carbonyl (C=O) groups is 4. The summed E-state index contributed by atoms with van der Waals surface area (Å²) in [6, 6.07) is 13.0. The summed E-state index contributed by atoms with van der Waals surface area (Å²) in [5.41, 5.74) is -0.626. The number of hydrogen-bond acceptors (Lipinski definition) is 9. The predicted octanol–water partition coefficient (Wildman–Crippen LogP) is 2.78. The van der Waals surface area contributed by atoms with Crippen molar-refractivity contribution in [3.05, 3.63) is 61.2 Å². The summed E-state index contributed by atoms with van der Waals surface area (Å²) in [6.07, 6.45) is 1.99. The van der Waals surface area contributed by atoms with E-state index in [1.54, 1.807) is 26.8 Å². The van der Waals surface area contributed by atoms with E-state index < -0.39 is 68.0 Å². The second-order valence-electron chi connectivity index (χ2n) is 13.8. The molecule has 3 fully saturated rings. The number of rotatable bonds is 12. The Labute approximate surface area is 280 Å². The highest BCUT2D eigenvalue weighted by Crippen LogP contribution is 2.45. The van der Waals surface area contributed by atoms with Crippen LogP contribution in [0.15, 0.2) is 61.2 Å². The number of ether oxygens (including phenoxy) is 2. The number of nitrogens with one attached hydrogen (secondary N) is 3. The van der Waals surface area contributed by atoms with E-state index in [9.17, 15) is 27.6 Å². The van der Waals surface area contributed by atoms with E-state index in [0.29, 0.717) is 18.7 Å². The number of hydrogen-bond donors (Lipinski definition) is 3. The molecule has 1 saturated heterocycles. The number of methoxy groups -OCH3 is 1. The van der Waals surface area contributed by atoms with Crippen LogP contribution >= 0.6 is 0 Å². The van der Waals surface area contributed by atoms with Gasteiger partial charge in [-0.1, -0.05) is 63.2 Å². The van der Waals surface area contributed by atoms with Gasteiger partial charge in [0.25, 0.3) is 5.91 Å². The number of carbonyl (C=O) groups excluding carboxylic acids is 4. The van der Waals surface area contributed by atoms with E-state index in [1.165, 1.54) is 18.1 Å². The first kappa shape index (κ1) is 34.9. The van der Waals surface area contributed by atoms with Gasteiger partial charge in [-0.05, 0) is 37.2 Å². The SMILES string of the molecule is C=CC1C[C@]1(NC(=O)[C@@H]1C[C@@H](COc2cccc(-c3ccccc3)n2)CN1C(=O)[C@@H](NC(=O)OC)C(C)(C)C)C(=O)NS(=O)(=O)C1CC1. The third-order valence-corrected chi connectivity index (χ3v) is 10.9. The summed E-state index contributed by atoms with van der Waals surface area (Å²) in [7, 11) is -2.68. The Morgan fingerprint density at radius 2 is 1.81 bits per heavy atom. The molecule has 2 heterocycles. The van der Waals surface area contributed by atoms with Gasteiger partial charge in [-0.15, -0.1) is 6.58 Å². The zero-order valence-corrected chi connectivity index (χ0v) is 28.4. The molecule has 4 amide bonds. The van der Waals surface area contributed by atoms with E-state index in [1.807, 2.05) is 42.5 Å². The molecule has 14 heteroatoms. The molecule has 2 aliphatic carbocycles. The minimum Gasteiger partial charge on any atom is -0.477 e. The zero-order chi connectivity index (χ0) is 34.9. The van der Waals surface area contributed by atoms with Gasteiger partial charge in [0.05, 0.1) is 24.7 Å². The molecule has 0 spiro atoms. The highest BCUT2D eigenvalue weighted by molar-refractivity contribution is 7.91. The lowest BCUT2D eigenvalue weighted by atomic mass is 9.85. The Morgan fingerprint density at radius 3 is 2.42 bits per heavy atom. The molecular formula is C34H43N5O8S. The van der Waals surface area contributed by atoms with E-state index in [0.717, 1.165) is 11.3 Å². The van der Waals surface area contributed by atoms with Crippen LogP contribution in [0, 0.1) is 17.3 Å². The average molecular weight is 682 g/mol. The molecule has 5 atom stereocenters. The van der Waals surface area contributed by atoms with Crippen molar-refractivity contribution in [3.8, 4) is 17.1 Å². The highest BCUT2D eigenvalue weighted by Gasteiger charge is 2.62. The number of amides is 4. The van der Waals surface area contributed by atoms with Crippen LogP contribution in [0.1, 0.15) is 46.5 Å². The van der Waals surface area contributed by atoms with Crippen molar-refractivity contribution in [1.29, 1.82) is 0 Å². The molecule has 2 saturated carbocycles. The Kier molecular flexibility index (Phi) is 9.86. The van der Waals surface area contributed by atoms with Crippen LogP contribution in [0.2, 0.25) is 0 Å². The molecule has 1 aliphatic heterocycles. The molecule has 2 aromatic rings. The molecule has 1 aromatic carbocycles. The summed E-state index contributed by atoms with van der Waals surface area (Å²) in [4.78, 5) is 59.7. The number of alkyl carbamates (subject to hydrolysis) is 1. The second-order valence-corrected chi connectivity index (χ2v) is 15.7. The molecule has 1 unspecified atom stereocenters. The van der Waals surface area contributed by atoms with Crippen molar-refractivity contribution in [3.63, 3.8) is 0 Å². The maximum Gasteiger partial charge on any atom is 0.407 e. The highest BCUT2D eigenvalue weighted by atomic mass is 32.2. The fraction of sp³-hybridized carbons (Fsp3) is 0.500. The predicted molar refractivity (Wildman–Crippen MR) is 177 cm³/mol. The fourth-order valence-electron chi connectivity index (χ4n) is 6.01. The lowest BCUT2D eigenvalue weighted by Gasteiger charge is -2.35. The van der Waals surface area contributed by atoms with Crippen LogP contribution in [-0.4, -0.2) is 85.3 Å². The van der Waals surface area contributed by atoms with Gasteiger partial charge in [-0.25, -0.2) is 18.2 Å². The Morgan fingerprint density at radius 1 is 1.10 bits per heavy atom.